The highest BCUT2D eigenvalue weighted by molar-refractivity contribution is 9.10. The normalized spacial score (nSPS) is 12.7. The highest BCUT2D eigenvalue weighted by atomic mass is 79.9. The number of aryl methyl sites for hydroxylation is 1. The van der Waals surface area contributed by atoms with Gasteiger partial charge in [0.15, 0.2) is 0 Å². The Morgan fingerprint density at radius 3 is 2.74 bits per heavy atom. The first-order chi connectivity index (χ1) is 9.06. The van der Waals surface area contributed by atoms with Crippen LogP contribution in [0, 0.1) is 0 Å². The monoisotopic (exact) mass is 406 g/mol. The second-order valence-electron chi connectivity index (χ2n) is 4.00. The molecule has 0 saturated heterocycles. The van der Waals surface area contributed by atoms with Crippen molar-refractivity contribution < 1.29 is 0 Å². The Bertz CT molecular complexity index is 565. The summed E-state index contributed by atoms with van der Waals surface area (Å²) in [6.07, 6.45) is 1.77. The van der Waals surface area contributed by atoms with Crippen LogP contribution in [0.4, 0.5) is 0 Å². The van der Waals surface area contributed by atoms with Gasteiger partial charge in [-0.05, 0) is 46.6 Å². The maximum Gasteiger partial charge on any atom is 0.0890 e. The smallest absolute Gasteiger partial charge is 0.0890 e. The summed E-state index contributed by atoms with van der Waals surface area (Å²) in [6.45, 7) is 2.80. The van der Waals surface area contributed by atoms with E-state index >= 15 is 0 Å². The largest absolute Gasteiger partial charge is 0.271 e. The molecular weight excluding hydrogens is 395 g/mol. The quantitative estimate of drug-likeness (QED) is 0.600. The van der Waals surface area contributed by atoms with Crippen LogP contribution in [0.3, 0.4) is 0 Å². The Balaban J connectivity index is 2.52. The molecule has 1 unspecified atom stereocenters. The summed E-state index contributed by atoms with van der Waals surface area (Å²) in [5.74, 6) is 5.72. The van der Waals surface area contributed by atoms with E-state index in [2.05, 4.69) is 42.4 Å². The van der Waals surface area contributed by atoms with Gasteiger partial charge in [0, 0.05) is 16.0 Å². The molecule has 0 spiro atoms. The molecule has 0 fully saturated rings. The Kier molecular flexibility index (Phi) is 5.03. The lowest BCUT2D eigenvalue weighted by Crippen LogP contribution is -2.31. The number of nitrogens with two attached hydrogens (primary N) is 1. The van der Waals surface area contributed by atoms with Gasteiger partial charge >= 0.3 is 0 Å². The van der Waals surface area contributed by atoms with Crippen molar-refractivity contribution in [1.29, 1.82) is 0 Å². The van der Waals surface area contributed by atoms with E-state index in [-0.39, 0.29) is 6.04 Å². The van der Waals surface area contributed by atoms with E-state index in [1.807, 2.05) is 29.8 Å². The second-order valence-corrected chi connectivity index (χ2v) is 6.20. The molecule has 1 aromatic heterocycles. The van der Waals surface area contributed by atoms with Crippen molar-refractivity contribution in [1.82, 2.24) is 15.2 Å². The molecule has 19 heavy (non-hydrogen) atoms. The zero-order valence-electron chi connectivity index (χ0n) is 10.2. The Morgan fingerprint density at radius 2 is 2.16 bits per heavy atom. The highest BCUT2D eigenvalue weighted by Crippen LogP contribution is 2.31. The molecule has 1 heterocycles. The standard InChI is InChI=1S/C12H13Br2ClN4/c1-2-19-12(10(14)6-17-19)11(18-16)7-3-8(13)5-9(15)4-7/h3-6,11,18H,2,16H2,1H3. The van der Waals surface area contributed by atoms with E-state index < -0.39 is 0 Å². The van der Waals surface area contributed by atoms with E-state index in [9.17, 15) is 0 Å². The molecule has 2 aromatic rings. The van der Waals surface area contributed by atoms with Crippen LogP contribution >= 0.6 is 43.5 Å². The van der Waals surface area contributed by atoms with Gasteiger partial charge in [0.2, 0.25) is 0 Å². The summed E-state index contributed by atoms with van der Waals surface area (Å²) < 4.78 is 3.71. The zero-order valence-corrected chi connectivity index (χ0v) is 14.1. The van der Waals surface area contributed by atoms with Crippen molar-refractivity contribution in [2.75, 3.05) is 0 Å². The van der Waals surface area contributed by atoms with Gasteiger partial charge in [-0.25, -0.2) is 5.43 Å². The zero-order chi connectivity index (χ0) is 14.0. The van der Waals surface area contributed by atoms with Crippen molar-refractivity contribution in [3.05, 3.63) is 49.6 Å². The first-order valence-electron chi connectivity index (χ1n) is 5.70. The van der Waals surface area contributed by atoms with Crippen LogP contribution in [0.2, 0.25) is 5.02 Å². The highest BCUT2D eigenvalue weighted by Gasteiger charge is 2.21. The number of benzene rings is 1. The topological polar surface area (TPSA) is 55.9 Å². The van der Waals surface area contributed by atoms with Crippen molar-refractivity contribution in [3.63, 3.8) is 0 Å². The van der Waals surface area contributed by atoms with Crippen molar-refractivity contribution in [2.45, 2.75) is 19.5 Å². The summed E-state index contributed by atoms with van der Waals surface area (Å²) in [6, 6.07) is 5.52. The molecule has 0 amide bonds. The van der Waals surface area contributed by atoms with Crippen LogP contribution in [0.15, 0.2) is 33.3 Å². The van der Waals surface area contributed by atoms with E-state index in [0.29, 0.717) is 5.02 Å². The number of halogens is 3. The fourth-order valence-corrected chi connectivity index (χ4v) is 3.40. The lowest BCUT2D eigenvalue weighted by molar-refractivity contribution is 0.542. The minimum absolute atomic E-state index is 0.188. The molecule has 0 saturated carbocycles. The fraction of sp³-hybridized carbons (Fsp3) is 0.250. The predicted molar refractivity (Wildman–Crippen MR) is 83.9 cm³/mol. The van der Waals surface area contributed by atoms with Gasteiger partial charge in [-0.1, -0.05) is 27.5 Å². The third-order valence-electron chi connectivity index (χ3n) is 2.79. The van der Waals surface area contributed by atoms with Crippen LogP contribution in [0.1, 0.15) is 24.2 Å². The van der Waals surface area contributed by atoms with Gasteiger partial charge in [-0.2, -0.15) is 5.10 Å². The Labute approximate surface area is 133 Å². The SMILES string of the molecule is CCn1ncc(Br)c1C(NN)c1cc(Cl)cc(Br)c1. The summed E-state index contributed by atoms with van der Waals surface area (Å²) in [5.41, 5.74) is 4.76. The molecule has 4 nitrogen and oxygen atoms in total. The van der Waals surface area contributed by atoms with E-state index in [0.717, 1.165) is 26.7 Å². The maximum atomic E-state index is 6.09. The van der Waals surface area contributed by atoms with Gasteiger partial charge in [-0.15, -0.1) is 0 Å². The molecule has 0 aliphatic rings. The van der Waals surface area contributed by atoms with Crippen LogP contribution in [-0.4, -0.2) is 9.78 Å². The third-order valence-corrected chi connectivity index (χ3v) is 4.08. The maximum absolute atomic E-state index is 6.09. The van der Waals surface area contributed by atoms with Crippen LogP contribution in [0.25, 0.3) is 0 Å². The van der Waals surface area contributed by atoms with Gasteiger partial charge in [-0.3, -0.25) is 10.5 Å². The van der Waals surface area contributed by atoms with Crippen molar-refractivity contribution in [3.8, 4) is 0 Å². The molecule has 1 aromatic carbocycles. The summed E-state index contributed by atoms with van der Waals surface area (Å²) in [5, 5.41) is 4.96. The molecule has 0 aliphatic heterocycles. The van der Waals surface area contributed by atoms with Gasteiger partial charge in [0.05, 0.1) is 22.4 Å². The average molecular weight is 409 g/mol. The fourth-order valence-electron chi connectivity index (χ4n) is 1.99. The number of nitrogens with one attached hydrogen (secondary N) is 1. The van der Waals surface area contributed by atoms with Crippen LogP contribution < -0.4 is 11.3 Å². The van der Waals surface area contributed by atoms with E-state index in [1.54, 1.807) is 6.20 Å². The van der Waals surface area contributed by atoms with Crippen molar-refractivity contribution >= 4 is 43.5 Å². The number of aromatic nitrogens is 2. The minimum Gasteiger partial charge on any atom is -0.271 e. The third kappa shape index (κ3) is 3.20. The van der Waals surface area contributed by atoms with E-state index in [1.165, 1.54) is 0 Å². The molecule has 102 valence electrons. The molecule has 3 N–H and O–H groups in total. The second kappa shape index (κ2) is 6.37. The lowest BCUT2D eigenvalue weighted by atomic mass is 10.0. The first-order valence-corrected chi connectivity index (χ1v) is 7.66. The molecule has 0 radical (unpaired) electrons. The number of nitrogens with zero attached hydrogens (tertiary/aromatic N) is 2. The van der Waals surface area contributed by atoms with Crippen LogP contribution in [0.5, 0.6) is 0 Å². The Morgan fingerprint density at radius 1 is 1.42 bits per heavy atom. The minimum atomic E-state index is -0.188. The molecule has 2 rings (SSSR count). The summed E-state index contributed by atoms with van der Waals surface area (Å²) in [4.78, 5) is 0. The van der Waals surface area contributed by atoms with Crippen LogP contribution in [-0.2, 0) is 6.54 Å². The summed E-state index contributed by atoms with van der Waals surface area (Å²) >= 11 is 13.0. The van der Waals surface area contributed by atoms with Gasteiger partial charge < -0.3 is 0 Å². The lowest BCUT2D eigenvalue weighted by Gasteiger charge is -2.19. The van der Waals surface area contributed by atoms with E-state index in [4.69, 9.17) is 17.4 Å². The van der Waals surface area contributed by atoms with Crippen molar-refractivity contribution in [2.24, 2.45) is 5.84 Å². The number of hydrazine groups is 1. The predicted octanol–water partition coefficient (Wildman–Crippen LogP) is 3.63. The molecule has 0 aliphatic carbocycles. The number of rotatable bonds is 4. The molecular formula is C12H13Br2ClN4. The average Bonchev–Trinajstić information content (AvgIpc) is 2.71. The summed E-state index contributed by atoms with van der Waals surface area (Å²) in [7, 11) is 0. The molecule has 7 heteroatoms. The Hall–Kier alpha value is -0.400. The number of hydrogen-bond donors (Lipinski definition) is 2. The number of hydrogen-bond acceptors (Lipinski definition) is 3. The van der Waals surface area contributed by atoms with Gasteiger partial charge in [0.1, 0.15) is 0 Å². The molecule has 0 bridgehead atoms. The van der Waals surface area contributed by atoms with Gasteiger partial charge in [0.25, 0.3) is 0 Å². The first kappa shape index (κ1) is 15.0. The molecule has 1 atom stereocenters.